The normalized spacial score (nSPS) is 12.4. The van der Waals surface area contributed by atoms with E-state index in [1.807, 2.05) is 37.3 Å². The van der Waals surface area contributed by atoms with Crippen molar-refractivity contribution in [1.82, 2.24) is 5.32 Å². The van der Waals surface area contributed by atoms with Gasteiger partial charge >= 0.3 is 0 Å². The molecule has 0 amide bonds. The van der Waals surface area contributed by atoms with Gasteiger partial charge in [-0.25, -0.2) is 0 Å². The summed E-state index contributed by atoms with van der Waals surface area (Å²) in [5.41, 5.74) is 3.45. The third-order valence-electron chi connectivity index (χ3n) is 3.27. The van der Waals surface area contributed by atoms with Crippen LogP contribution in [0.4, 0.5) is 0 Å². The van der Waals surface area contributed by atoms with Crippen LogP contribution in [0.2, 0.25) is 10.0 Å². The SMILES string of the molecule is CCCNC(c1ccc(Cl)cc1)c1ccc(C)cc1Cl. The Bertz CT molecular complexity index is 564. The van der Waals surface area contributed by atoms with E-state index in [4.69, 9.17) is 23.2 Å². The highest BCUT2D eigenvalue weighted by molar-refractivity contribution is 6.31. The van der Waals surface area contributed by atoms with Gasteiger partial charge in [0.1, 0.15) is 0 Å². The lowest BCUT2D eigenvalue weighted by Gasteiger charge is -2.21. The minimum absolute atomic E-state index is 0.0975. The van der Waals surface area contributed by atoms with Crippen molar-refractivity contribution in [2.75, 3.05) is 6.54 Å². The summed E-state index contributed by atoms with van der Waals surface area (Å²) in [4.78, 5) is 0. The van der Waals surface area contributed by atoms with E-state index in [1.165, 1.54) is 11.1 Å². The minimum Gasteiger partial charge on any atom is -0.306 e. The molecule has 2 aromatic carbocycles. The lowest BCUT2D eigenvalue weighted by molar-refractivity contribution is 0.598. The van der Waals surface area contributed by atoms with Crippen LogP contribution in [0.15, 0.2) is 42.5 Å². The molecular formula is C17H19Cl2N. The fourth-order valence-electron chi connectivity index (χ4n) is 2.22. The number of aryl methyl sites for hydroxylation is 1. The van der Waals surface area contributed by atoms with Crippen molar-refractivity contribution in [2.45, 2.75) is 26.3 Å². The molecule has 106 valence electrons. The van der Waals surface area contributed by atoms with Gasteiger partial charge < -0.3 is 5.32 Å². The van der Waals surface area contributed by atoms with Crippen molar-refractivity contribution < 1.29 is 0 Å². The smallest absolute Gasteiger partial charge is 0.0591 e. The lowest BCUT2D eigenvalue weighted by Crippen LogP contribution is -2.23. The zero-order valence-corrected chi connectivity index (χ0v) is 13.3. The second-order valence-electron chi connectivity index (χ2n) is 4.96. The number of nitrogens with one attached hydrogen (secondary N) is 1. The van der Waals surface area contributed by atoms with E-state index < -0.39 is 0 Å². The first-order valence-corrected chi connectivity index (χ1v) is 7.62. The van der Waals surface area contributed by atoms with E-state index in [1.54, 1.807) is 0 Å². The summed E-state index contributed by atoms with van der Waals surface area (Å²) >= 11 is 12.4. The fraction of sp³-hybridized carbons (Fsp3) is 0.294. The molecule has 0 aromatic heterocycles. The molecule has 0 radical (unpaired) electrons. The number of hydrogen-bond donors (Lipinski definition) is 1. The molecule has 0 bridgehead atoms. The Labute approximate surface area is 130 Å². The molecule has 0 fully saturated rings. The van der Waals surface area contributed by atoms with E-state index in [-0.39, 0.29) is 6.04 Å². The molecule has 20 heavy (non-hydrogen) atoms. The predicted octanol–water partition coefficient (Wildman–Crippen LogP) is 5.39. The highest BCUT2D eigenvalue weighted by Crippen LogP contribution is 2.29. The molecule has 0 aliphatic rings. The summed E-state index contributed by atoms with van der Waals surface area (Å²) in [7, 11) is 0. The van der Waals surface area contributed by atoms with E-state index in [9.17, 15) is 0 Å². The van der Waals surface area contributed by atoms with Crippen molar-refractivity contribution in [1.29, 1.82) is 0 Å². The third kappa shape index (κ3) is 3.76. The minimum atomic E-state index is 0.0975. The predicted molar refractivity (Wildman–Crippen MR) is 87.8 cm³/mol. The first-order chi connectivity index (χ1) is 9.61. The van der Waals surface area contributed by atoms with Crippen molar-refractivity contribution in [3.8, 4) is 0 Å². The second kappa shape index (κ2) is 7.12. The molecule has 1 atom stereocenters. The molecule has 0 aliphatic heterocycles. The van der Waals surface area contributed by atoms with Gasteiger partial charge in [-0.05, 0) is 54.8 Å². The van der Waals surface area contributed by atoms with Crippen LogP contribution in [0.1, 0.15) is 36.1 Å². The Balaban J connectivity index is 2.38. The first kappa shape index (κ1) is 15.4. The third-order valence-corrected chi connectivity index (χ3v) is 3.85. The van der Waals surface area contributed by atoms with Crippen LogP contribution in [0.5, 0.6) is 0 Å². The second-order valence-corrected chi connectivity index (χ2v) is 5.81. The Morgan fingerprint density at radius 3 is 2.35 bits per heavy atom. The average Bonchev–Trinajstić information content (AvgIpc) is 2.42. The highest BCUT2D eigenvalue weighted by atomic mass is 35.5. The molecular weight excluding hydrogens is 289 g/mol. The van der Waals surface area contributed by atoms with Gasteiger partial charge in [0.25, 0.3) is 0 Å². The topological polar surface area (TPSA) is 12.0 Å². The summed E-state index contributed by atoms with van der Waals surface area (Å²) in [6.07, 6.45) is 1.08. The molecule has 3 heteroatoms. The van der Waals surface area contributed by atoms with Crippen LogP contribution in [0.3, 0.4) is 0 Å². The molecule has 0 heterocycles. The fourth-order valence-corrected chi connectivity index (χ4v) is 2.69. The molecule has 0 aliphatic carbocycles. The number of hydrogen-bond acceptors (Lipinski definition) is 1. The Morgan fingerprint density at radius 1 is 1.05 bits per heavy atom. The monoisotopic (exact) mass is 307 g/mol. The van der Waals surface area contributed by atoms with Crippen LogP contribution >= 0.6 is 23.2 Å². The van der Waals surface area contributed by atoms with Gasteiger partial charge in [-0.3, -0.25) is 0 Å². The zero-order valence-electron chi connectivity index (χ0n) is 11.8. The highest BCUT2D eigenvalue weighted by Gasteiger charge is 2.16. The van der Waals surface area contributed by atoms with E-state index >= 15 is 0 Å². The van der Waals surface area contributed by atoms with Gasteiger partial charge in [0, 0.05) is 10.0 Å². The van der Waals surface area contributed by atoms with Crippen molar-refractivity contribution in [2.24, 2.45) is 0 Å². The summed E-state index contributed by atoms with van der Waals surface area (Å²) in [6, 6.07) is 14.2. The van der Waals surface area contributed by atoms with Crippen LogP contribution in [-0.4, -0.2) is 6.54 Å². The van der Waals surface area contributed by atoms with E-state index in [0.29, 0.717) is 0 Å². The largest absolute Gasteiger partial charge is 0.306 e. The number of halogens is 2. The summed E-state index contributed by atoms with van der Waals surface area (Å²) in [6.45, 7) is 5.15. The maximum atomic E-state index is 6.42. The van der Waals surface area contributed by atoms with E-state index in [0.717, 1.165) is 28.6 Å². The summed E-state index contributed by atoms with van der Waals surface area (Å²) < 4.78 is 0. The van der Waals surface area contributed by atoms with Gasteiger partial charge in [-0.2, -0.15) is 0 Å². The quantitative estimate of drug-likeness (QED) is 0.780. The van der Waals surface area contributed by atoms with Gasteiger partial charge in [0.2, 0.25) is 0 Å². The van der Waals surface area contributed by atoms with Crippen LogP contribution in [-0.2, 0) is 0 Å². The van der Waals surface area contributed by atoms with Crippen molar-refractivity contribution in [3.05, 3.63) is 69.2 Å². The van der Waals surface area contributed by atoms with Gasteiger partial charge in [-0.15, -0.1) is 0 Å². The van der Waals surface area contributed by atoms with Gasteiger partial charge in [0.05, 0.1) is 6.04 Å². The molecule has 0 saturated heterocycles. The van der Waals surface area contributed by atoms with Crippen LogP contribution < -0.4 is 5.32 Å². The number of benzene rings is 2. The molecule has 2 aromatic rings. The molecule has 1 nitrogen and oxygen atoms in total. The summed E-state index contributed by atoms with van der Waals surface area (Å²) in [5, 5.41) is 5.10. The standard InChI is InChI=1S/C17H19Cl2N/c1-3-10-20-17(13-5-7-14(18)8-6-13)15-9-4-12(2)11-16(15)19/h4-9,11,17,20H,3,10H2,1-2H3. The molecule has 2 rings (SSSR count). The van der Waals surface area contributed by atoms with Crippen LogP contribution in [0.25, 0.3) is 0 Å². The lowest BCUT2D eigenvalue weighted by atomic mass is 9.97. The maximum Gasteiger partial charge on any atom is 0.0591 e. The Hall–Kier alpha value is -1.02. The zero-order chi connectivity index (χ0) is 14.5. The first-order valence-electron chi connectivity index (χ1n) is 6.86. The van der Waals surface area contributed by atoms with Gasteiger partial charge in [-0.1, -0.05) is 54.4 Å². The van der Waals surface area contributed by atoms with Crippen LogP contribution in [0, 0.1) is 6.92 Å². The van der Waals surface area contributed by atoms with Crippen molar-refractivity contribution >= 4 is 23.2 Å². The molecule has 1 N–H and O–H groups in total. The molecule has 0 saturated carbocycles. The Morgan fingerprint density at radius 2 is 1.75 bits per heavy atom. The van der Waals surface area contributed by atoms with Gasteiger partial charge in [0.15, 0.2) is 0 Å². The molecule has 1 unspecified atom stereocenters. The van der Waals surface area contributed by atoms with Crippen molar-refractivity contribution in [3.63, 3.8) is 0 Å². The van der Waals surface area contributed by atoms with E-state index in [2.05, 4.69) is 24.4 Å². The number of rotatable bonds is 5. The maximum absolute atomic E-state index is 6.42. The molecule has 0 spiro atoms. The Kier molecular flexibility index (Phi) is 5.47. The average molecular weight is 308 g/mol. The summed E-state index contributed by atoms with van der Waals surface area (Å²) in [5.74, 6) is 0.